The molecule has 0 heterocycles. The zero-order chi connectivity index (χ0) is 17.8. The Labute approximate surface area is 155 Å². The molecular weight excluding hydrogens is 327 g/mol. The number of hydrogen-bond donors (Lipinski definition) is 0. The molecular formula is C22H35O2P. The topological polar surface area (TPSA) is 26.3 Å². The smallest absolute Gasteiger partial charge is 0.133 e. The highest BCUT2D eigenvalue weighted by atomic mass is 31.0. The first-order valence-electron chi connectivity index (χ1n) is 10.4. The Bertz CT molecular complexity index is 585. The van der Waals surface area contributed by atoms with Crippen molar-refractivity contribution in [1.82, 2.24) is 0 Å². The van der Waals surface area contributed by atoms with Crippen molar-refractivity contribution in [3.63, 3.8) is 0 Å². The molecule has 4 rings (SSSR count). The average molecular weight is 362 g/mol. The van der Waals surface area contributed by atoms with Gasteiger partial charge in [-0.15, -0.1) is 0 Å². The van der Waals surface area contributed by atoms with Crippen LogP contribution in [0.25, 0.3) is 0 Å². The highest BCUT2D eigenvalue weighted by Gasteiger charge is 2.57. The number of carbonyl (C=O) groups excluding carboxylic acids is 1. The first-order valence-corrected chi connectivity index (χ1v) is 10.9. The molecule has 0 saturated heterocycles. The zero-order valence-corrected chi connectivity index (χ0v) is 17.4. The van der Waals surface area contributed by atoms with Crippen molar-refractivity contribution in [2.75, 3.05) is 6.61 Å². The van der Waals surface area contributed by atoms with E-state index in [1.807, 2.05) is 0 Å². The van der Waals surface area contributed by atoms with Crippen LogP contribution in [-0.4, -0.2) is 12.4 Å². The fourth-order valence-corrected chi connectivity index (χ4v) is 7.86. The van der Waals surface area contributed by atoms with Gasteiger partial charge in [0.15, 0.2) is 0 Å². The van der Waals surface area contributed by atoms with Crippen LogP contribution in [0.2, 0.25) is 0 Å². The normalized spacial score (nSPS) is 47.5. The Balaban J connectivity index is 1.63. The van der Waals surface area contributed by atoms with Gasteiger partial charge in [-0.25, -0.2) is 0 Å². The van der Waals surface area contributed by atoms with Gasteiger partial charge in [-0.2, -0.15) is 0 Å². The third-order valence-corrected chi connectivity index (χ3v) is 9.15. The lowest BCUT2D eigenvalue weighted by atomic mass is 9.48. The molecule has 2 nitrogen and oxygen atoms in total. The van der Waals surface area contributed by atoms with Crippen LogP contribution in [0.1, 0.15) is 72.1 Å². The Morgan fingerprint density at radius 1 is 1.28 bits per heavy atom. The van der Waals surface area contributed by atoms with Crippen LogP contribution in [-0.2, 0) is 9.32 Å². The minimum absolute atomic E-state index is 0.311. The van der Waals surface area contributed by atoms with Gasteiger partial charge in [-0.3, -0.25) is 4.79 Å². The molecule has 3 saturated carbocycles. The molecule has 3 unspecified atom stereocenters. The molecule has 0 spiro atoms. The molecule has 3 heteroatoms. The standard InChI is InChI=1S/C22H35O2P/c1-14(13-24-25)18-6-7-19-17-5-4-15-12-16(23)8-10-21(15,2)20(17)9-11-22(18,19)3/h9,14-15,17-19H,4-8,10-13,25H2,1-3H3/t14-,15-,17?,18-,19?,21+,22-/m1/s1. The van der Waals surface area contributed by atoms with Gasteiger partial charge in [-0.05, 0) is 78.9 Å². The van der Waals surface area contributed by atoms with Crippen molar-refractivity contribution in [2.24, 2.45) is 40.4 Å². The molecule has 3 fully saturated rings. The molecule has 0 radical (unpaired) electrons. The summed E-state index contributed by atoms with van der Waals surface area (Å²) in [6, 6.07) is 0. The lowest BCUT2D eigenvalue weighted by molar-refractivity contribution is -0.125. The van der Waals surface area contributed by atoms with Crippen LogP contribution < -0.4 is 0 Å². The Kier molecular flexibility index (Phi) is 4.69. The van der Waals surface area contributed by atoms with Gasteiger partial charge in [0.25, 0.3) is 0 Å². The van der Waals surface area contributed by atoms with Crippen LogP contribution in [0, 0.1) is 40.4 Å². The molecule has 0 amide bonds. The van der Waals surface area contributed by atoms with Gasteiger partial charge in [-0.1, -0.05) is 32.4 Å². The van der Waals surface area contributed by atoms with Crippen molar-refractivity contribution >= 4 is 15.2 Å². The Morgan fingerprint density at radius 3 is 2.84 bits per heavy atom. The Hall–Kier alpha value is -0.200. The van der Waals surface area contributed by atoms with E-state index in [-0.39, 0.29) is 0 Å². The Morgan fingerprint density at radius 2 is 2.08 bits per heavy atom. The van der Waals surface area contributed by atoms with E-state index in [1.165, 1.54) is 32.1 Å². The number of hydrogen-bond acceptors (Lipinski definition) is 2. The van der Waals surface area contributed by atoms with Crippen molar-refractivity contribution < 1.29 is 9.32 Å². The molecule has 0 N–H and O–H groups in total. The number of allylic oxidation sites excluding steroid dienone is 2. The van der Waals surface area contributed by atoms with Crippen molar-refractivity contribution in [3.05, 3.63) is 11.6 Å². The number of ketones is 1. The van der Waals surface area contributed by atoms with Gasteiger partial charge in [0.05, 0.1) is 6.61 Å². The third-order valence-electron chi connectivity index (χ3n) is 8.96. The van der Waals surface area contributed by atoms with E-state index in [1.54, 1.807) is 5.57 Å². The maximum Gasteiger partial charge on any atom is 0.133 e. The summed E-state index contributed by atoms with van der Waals surface area (Å²) < 4.78 is 5.41. The third kappa shape index (κ3) is 2.69. The fraction of sp³-hybridized carbons (Fsp3) is 0.864. The molecule has 0 aromatic heterocycles. The molecule has 0 aromatic carbocycles. The lowest BCUT2D eigenvalue weighted by Gasteiger charge is -2.56. The first kappa shape index (κ1) is 18.2. The van der Waals surface area contributed by atoms with Gasteiger partial charge >= 0.3 is 0 Å². The first-order chi connectivity index (χ1) is 11.9. The van der Waals surface area contributed by atoms with E-state index >= 15 is 0 Å². The molecule has 4 aliphatic rings. The molecule has 0 aromatic rings. The minimum atomic E-state index is 0.311. The highest BCUT2D eigenvalue weighted by Crippen LogP contribution is 2.66. The molecule has 0 bridgehead atoms. The summed E-state index contributed by atoms with van der Waals surface area (Å²) >= 11 is 0. The van der Waals surface area contributed by atoms with Crippen molar-refractivity contribution in [2.45, 2.75) is 72.1 Å². The van der Waals surface area contributed by atoms with Crippen molar-refractivity contribution in [1.29, 1.82) is 0 Å². The monoisotopic (exact) mass is 362 g/mol. The van der Waals surface area contributed by atoms with E-state index in [4.69, 9.17) is 4.52 Å². The lowest BCUT2D eigenvalue weighted by Crippen LogP contribution is -2.48. The van der Waals surface area contributed by atoms with Crippen LogP contribution >= 0.6 is 9.47 Å². The SMILES string of the molecule is C[C@H](COP)[C@H]1CCC2C3CC[C@@H]4CC(=O)CC[C@]4(C)C3=CC[C@@]21C. The van der Waals surface area contributed by atoms with E-state index in [0.717, 1.165) is 43.6 Å². The number of carbonyl (C=O) groups is 1. The minimum Gasteiger partial charge on any atom is -0.365 e. The molecule has 4 aliphatic carbocycles. The maximum atomic E-state index is 12.0. The molecule has 8 atom stereocenters. The second-order valence-electron chi connectivity index (χ2n) is 10.0. The summed E-state index contributed by atoms with van der Waals surface area (Å²) in [5.74, 6) is 4.18. The van der Waals surface area contributed by atoms with Crippen molar-refractivity contribution in [3.8, 4) is 0 Å². The zero-order valence-electron chi connectivity index (χ0n) is 16.2. The van der Waals surface area contributed by atoms with Gasteiger partial charge in [0.1, 0.15) is 5.78 Å². The van der Waals surface area contributed by atoms with E-state index in [9.17, 15) is 4.79 Å². The van der Waals surface area contributed by atoms with Crippen LogP contribution in [0.3, 0.4) is 0 Å². The second-order valence-corrected chi connectivity index (χ2v) is 10.3. The van der Waals surface area contributed by atoms with Crippen LogP contribution in [0.15, 0.2) is 11.6 Å². The summed E-state index contributed by atoms with van der Waals surface area (Å²) in [5, 5.41) is 0. The number of rotatable bonds is 3. The van der Waals surface area contributed by atoms with E-state index in [0.29, 0.717) is 28.4 Å². The second kappa shape index (κ2) is 6.45. The summed E-state index contributed by atoms with van der Waals surface area (Å²) in [7, 11) is 2.43. The molecule has 140 valence electrons. The van der Waals surface area contributed by atoms with E-state index in [2.05, 4.69) is 36.3 Å². The summed E-state index contributed by atoms with van der Waals surface area (Å²) in [4.78, 5) is 12.0. The van der Waals surface area contributed by atoms with Crippen LogP contribution in [0.4, 0.5) is 0 Å². The molecule has 0 aliphatic heterocycles. The maximum absolute atomic E-state index is 12.0. The fourth-order valence-electron chi connectivity index (χ4n) is 7.56. The summed E-state index contributed by atoms with van der Waals surface area (Å²) in [6.07, 6.45) is 12.0. The summed E-state index contributed by atoms with van der Waals surface area (Å²) in [6.45, 7) is 8.30. The van der Waals surface area contributed by atoms with E-state index < -0.39 is 0 Å². The van der Waals surface area contributed by atoms with Gasteiger partial charge in [0.2, 0.25) is 0 Å². The average Bonchev–Trinajstić information content (AvgIpc) is 2.93. The van der Waals surface area contributed by atoms with Crippen LogP contribution in [0.5, 0.6) is 0 Å². The number of fused-ring (bicyclic) bond motifs is 5. The molecule has 25 heavy (non-hydrogen) atoms. The predicted octanol–water partition coefficient (Wildman–Crippen LogP) is 5.58. The largest absolute Gasteiger partial charge is 0.365 e. The highest BCUT2D eigenvalue weighted by molar-refractivity contribution is 7.09. The predicted molar refractivity (Wildman–Crippen MR) is 105 cm³/mol. The van der Waals surface area contributed by atoms with Gasteiger partial charge < -0.3 is 4.52 Å². The van der Waals surface area contributed by atoms with Gasteiger partial charge in [0, 0.05) is 22.3 Å². The summed E-state index contributed by atoms with van der Waals surface area (Å²) in [5.41, 5.74) is 2.52. The quantitative estimate of drug-likeness (QED) is 0.484. The number of Topliss-reactive ketones (excluding diaryl/α,β-unsaturated/α-hetero) is 1.